The first-order chi connectivity index (χ1) is 16.3. The lowest BCUT2D eigenvalue weighted by Crippen LogP contribution is -2.41. The third kappa shape index (κ3) is 5.69. The zero-order valence-corrected chi connectivity index (χ0v) is 20.6. The number of hydrogen-bond donors (Lipinski definition) is 1. The molecule has 3 rings (SSSR count). The highest BCUT2D eigenvalue weighted by Crippen LogP contribution is 2.30. The number of hydrogen-bond acceptors (Lipinski definition) is 5. The molecule has 0 aliphatic carbocycles. The Kier molecular flexibility index (Phi) is 8.17. The molecule has 3 aromatic carbocycles. The fourth-order valence-electron chi connectivity index (χ4n) is 3.56. The number of sulfonamides is 1. The third-order valence-electron chi connectivity index (χ3n) is 5.54. The number of ether oxygens (including phenoxy) is 2. The summed E-state index contributed by atoms with van der Waals surface area (Å²) in [4.78, 5) is 13.1. The van der Waals surface area contributed by atoms with E-state index < -0.39 is 15.9 Å². The fraction of sp³-hybridized carbons (Fsp3) is 0.269. The topological polar surface area (TPSA) is 84.9 Å². The summed E-state index contributed by atoms with van der Waals surface area (Å²) in [5.74, 6) is 0.701. The van der Waals surface area contributed by atoms with Crippen molar-refractivity contribution in [2.45, 2.75) is 31.2 Å². The number of aryl methyl sites for hydroxylation is 1. The van der Waals surface area contributed by atoms with Crippen LogP contribution in [0.1, 0.15) is 31.0 Å². The lowest BCUT2D eigenvalue weighted by molar-refractivity contribution is -0.120. The summed E-state index contributed by atoms with van der Waals surface area (Å²) in [6.45, 7) is 3.49. The first kappa shape index (κ1) is 25.1. The summed E-state index contributed by atoms with van der Waals surface area (Å²) in [6, 6.07) is 20.3. The minimum atomic E-state index is -3.95. The third-order valence-corrected chi connectivity index (χ3v) is 7.32. The van der Waals surface area contributed by atoms with Crippen molar-refractivity contribution >= 4 is 21.6 Å². The first-order valence-electron chi connectivity index (χ1n) is 11.0. The number of methoxy groups -OCH3 is 2. The van der Waals surface area contributed by atoms with Gasteiger partial charge in [0.25, 0.3) is 10.0 Å². The predicted molar refractivity (Wildman–Crippen MR) is 133 cm³/mol. The largest absolute Gasteiger partial charge is 0.493 e. The molecule has 0 unspecified atom stereocenters. The molecule has 0 aromatic heterocycles. The van der Waals surface area contributed by atoms with E-state index >= 15 is 0 Å². The van der Waals surface area contributed by atoms with Crippen LogP contribution >= 0.6 is 0 Å². The van der Waals surface area contributed by atoms with Gasteiger partial charge < -0.3 is 14.8 Å². The van der Waals surface area contributed by atoms with E-state index in [4.69, 9.17) is 9.47 Å². The van der Waals surface area contributed by atoms with Gasteiger partial charge in [-0.05, 0) is 60.9 Å². The highest BCUT2D eigenvalue weighted by atomic mass is 32.2. The molecule has 0 aliphatic heterocycles. The molecule has 180 valence electrons. The lowest BCUT2D eigenvalue weighted by atomic mass is 10.1. The van der Waals surface area contributed by atoms with Gasteiger partial charge in [-0.3, -0.25) is 9.10 Å². The second-order valence-corrected chi connectivity index (χ2v) is 9.61. The van der Waals surface area contributed by atoms with Gasteiger partial charge in [-0.25, -0.2) is 8.42 Å². The van der Waals surface area contributed by atoms with E-state index in [1.54, 1.807) is 56.7 Å². The number of anilines is 1. The molecule has 0 bridgehead atoms. The molecule has 7 nitrogen and oxygen atoms in total. The molecule has 8 heteroatoms. The quantitative estimate of drug-likeness (QED) is 0.465. The van der Waals surface area contributed by atoms with Crippen LogP contribution in [0, 0.1) is 0 Å². The number of benzene rings is 3. The Morgan fingerprint density at radius 3 is 2.18 bits per heavy atom. The molecule has 3 aromatic rings. The van der Waals surface area contributed by atoms with Gasteiger partial charge >= 0.3 is 0 Å². The van der Waals surface area contributed by atoms with Gasteiger partial charge in [0, 0.05) is 0 Å². The van der Waals surface area contributed by atoms with Crippen molar-refractivity contribution < 1.29 is 22.7 Å². The number of nitrogens with one attached hydrogen (secondary N) is 1. The van der Waals surface area contributed by atoms with Crippen LogP contribution in [0.25, 0.3) is 0 Å². The Balaban J connectivity index is 1.86. The van der Waals surface area contributed by atoms with E-state index in [-0.39, 0.29) is 17.5 Å². The molecule has 1 amide bonds. The second-order valence-electron chi connectivity index (χ2n) is 7.75. The standard InChI is InChI=1S/C26H30N2O5S/c1-5-20-11-14-22(15-12-20)28(34(30,31)23-9-7-6-8-10-23)18-26(29)27-19(2)21-13-16-24(32-3)25(17-21)33-4/h6-17,19H,5,18H2,1-4H3,(H,27,29)/t19-/m0/s1. The number of amides is 1. The molecule has 0 saturated carbocycles. The van der Waals surface area contributed by atoms with E-state index in [1.165, 1.54) is 12.1 Å². The second kappa shape index (κ2) is 11.1. The smallest absolute Gasteiger partial charge is 0.264 e. The maximum Gasteiger partial charge on any atom is 0.264 e. The van der Waals surface area contributed by atoms with Gasteiger partial charge in [0.15, 0.2) is 11.5 Å². The molecule has 0 radical (unpaired) electrons. The highest BCUT2D eigenvalue weighted by Gasteiger charge is 2.27. The molecule has 0 saturated heterocycles. The zero-order valence-electron chi connectivity index (χ0n) is 19.8. The summed E-state index contributed by atoms with van der Waals surface area (Å²) < 4.78 is 38.6. The van der Waals surface area contributed by atoms with Crippen LogP contribution in [0.4, 0.5) is 5.69 Å². The van der Waals surface area contributed by atoms with Gasteiger partial charge in [-0.15, -0.1) is 0 Å². The minimum absolute atomic E-state index is 0.121. The van der Waals surface area contributed by atoms with Crippen molar-refractivity contribution in [2.24, 2.45) is 0 Å². The van der Waals surface area contributed by atoms with E-state index in [9.17, 15) is 13.2 Å². The van der Waals surface area contributed by atoms with Crippen molar-refractivity contribution in [3.05, 3.63) is 83.9 Å². The average molecular weight is 483 g/mol. The number of nitrogens with zero attached hydrogens (tertiary/aromatic N) is 1. The number of rotatable bonds is 10. The Labute approximate surface area is 201 Å². The van der Waals surface area contributed by atoms with Crippen LogP contribution in [0.5, 0.6) is 11.5 Å². The monoisotopic (exact) mass is 482 g/mol. The number of carbonyl (C=O) groups excluding carboxylic acids is 1. The van der Waals surface area contributed by atoms with E-state index in [0.717, 1.165) is 21.9 Å². The molecule has 34 heavy (non-hydrogen) atoms. The van der Waals surface area contributed by atoms with Crippen LogP contribution in [-0.2, 0) is 21.2 Å². The van der Waals surface area contributed by atoms with Crippen molar-refractivity contribution in [3.63, 3.8) is 0 Å². The molecule has 0 heterocycles. The molecular weight excluding hydrogens is 452 g/mol. The predicted octanol–water partition coefficient (Wildman–Crippen LogP) is 4.34. The normalized spacial score (nSPS) is 12.0. The van der Waals surface area contributed by atoms with Gasteiger partial charge in [0.1, 0.15) is 6.54 Å². The fourth-order valence-corrected chi connectivity index (χ4v) is 5.00. The molecule has 1 atom stereocenters. The maximum atomic E-state index is 13.4. The van der Waals surface area contributed by atoms with E-state index in [0.29, 0.717) is 17.2 Å². The highest BCUT2D eigenvalue weighted by molar-refractivity contribution is 7.92. The van der Waals surface area contributed by atoms with Crippen molar-refractivity contribution in [2.75, 3.05) is 25.1 Å². The summed E-state index contributed by atoms with van der Waals surface area (Å²) in [7, 11) is -0.857. The van der Waals surface area contributed by atoms with Crippen molar-refractivity contribution in [1.82, 2.24) is 5.32 Å². The lowest BCUT2D eigenvalue weighted by Gasteiger charge is -2.25. The Morgan fingerprint density at radius 1 is 0.941 bits per heavy atom. The van der Waals surface area contributed by atoms with Crippen LogP contribution in [0.15, 0.2) is 77.7 Å². The van der Waals surface area contributed by atoms with Gasteiger partial charge in [-0.1, -0.05) is 43.3 Å². The average Bonchev–Trinajstić information content (AvgIpc) is 2.87. The molecule has 0 aliphatic rings. The summed E-state index contributed by atoms with van der Waals surface area (Å²) in [5.41, 5.74) is 2.30. The van der Waals surface area contributed by atoms with Gasteiger partial charge in [0.2, 0.25) is 5.91 Å². The number of carbonyl (C=O) groups is 1. The molecule has 1 N–H and O–H groups in total. The SMILES string of the molecule is CCc1ccc(N(CC(=O)N[C@@H](C)c2ccc(OC)c(OC)c2)S(=O)(=O)c2ccccc2)cc1. The van der Waals surface area contributed by atoms with Crippen molar-refractivity contribution in [3.8, 4) is 11.5 Å². The summed E-state index contributed by atoms with van der Waals surface area (Å²) in [6.07, 6.45) is 0.828. The first-order valence-corrected chi connectivity index (χ1v) is 12.4. The van der Waals surface area contributed by atoms with Crippen LogP contribution in [-0.4, -0.2) is 35.1 Å². The summed E-state index contributed by atoms with van der Waals surface area (Å²) >= 11 is 0. The van der Waals surface area contributed by atoms with Gasteiger partial charge in [0.05, 0.1) is 30.8 Å². The zero-order chi connectivity index (χ0) is 24.7. The van der Waals surface area contributed by atoms with Gasteiger partial charge in [-0.2, -0.15) is 0 Å². The Hall–Kier alpha value is -3.52. The maximum absolute atomic E-state index is 13.4. The van der Waals surface area contributed by atoms with Crippen LogP contribution in [0.2, 0.25) is 0 Å². The molecular formula is C26H30N2O5S. The van der Waals surface area contributed by atoms with E-state index in [1.807, 2.05) is 32.0 Å². The molecule has 0 spiro atoms. The summed E-state index contributed by atoms with van der Waals surface area (Å²) in [5, 5.41) is 2.89. The van der Waals surface area contributed by atoms with Crippen LogP contribution < -0.4 is 19.1 Å². The van der Waals surface area contributed by atoms with E-state index in [2.05, 4.69) is 5.32 Å². The Morgan fingerprint density at radius 2 is 1.59 bits per heavy atom. The Bertz CT molecular complexity index is 1210. The minimum Gasteiger partial charge on any atom is -0.493 e. The van der Waals surface area contributed by atoms with Crippen molar-refractivity contribution in [1.29, 1.82) is 0 Å². The molecule has 0 fully saturated rings. The van der Waals surface area contributed by atoms with Crippen LogP contribution in [0.3, 0.4) is 0 Å².